The topological polar surface area (TPSA) is 89.3 Å². The van der Waals surface area contributed by atoms with Crippen LogP contribution in [0.3, 0.4) is 0 Å². The van der Waals surface area contributed by atoms with Crippen molar-refractivity contribution < 1.29 is 13.2 Å². The van der Waals surface area contributed by atoms with E-state index in [1.54, 1.807) is 31.2 Å². The van der Waals surface area contributed by atoms with E-state index < -0.39 is 15.9 Å². The fourth-order valence-electron chi connectivity index (χ4n) is 1.55. The van der Waals surface area contributed by atoms with Gasteiger partial charge < -0.3 is 11.1 Å². The van der Waals surface area contributed by atoms with Gasteiger partial charge in [0.05, 0.1) is 10.9 Å². The number of carbonyl (C=O) groups is 1. The van der Waals surface area contributed by atoms with Gasteiger partial charge in [-0.2, -0.15) is 0 Å². The van der Waals surface area contributed by atoms with E-state index in [4.69, 9.17) is 5.73 Å². The zero-order valence-corrected chi connectivity index (χ0v) is 11.3. The molecule has 0 bridgehead atoms. The number of hydrogen-bond acceptors (Lipinski definition) is 4. The molecule has 18 heavy (non-hydrogen) atoms. The first-order chi connectivity index (χ1) is 8.32. The van der Waals surface area contributed by atoms with Crippen LogP contribution in [0.4, 0.5) is 0 Å². The van der Waals surface area contributed by atoms with Crippen molar-refractivity contribution in [1.29, 1.82) is 0 Å². The molecule has 100 valence electrons. The van der Waals surface area contributed by atoms with Gasteiger partial charge in [-0.05, 0) is 25.0 Å². The Morgan fingerprint density at radius 2 is 2.00 bits per heavy atom. The zero-order valence-electron chi connectivity index (χ0n) is 10.5. The number of benzene rings is 1. The lowest BCUT2D eigenvalue weighted by molar-refractivity contribution is -0.121. The minimum Gasteiger partial charge on any atom is -0.354 e. The molecule has 0 saturated heterocycles. The average molecular weight is 270 g/mol. The summed E-state index contributed by atoms with van der Waals surface area (Å²) < 4.78 is 23.1. The fourth-order valence-corrected chi connectivity index (χ4v) is 2.53. The van der Waals surface area contributed by atoms with E-state index in [0.717, 1.165) is 0 Å². The Bertz CT molecular complexity index is 524. The van der Waals surface area contributed by atoms with Gasteiger partial charge in [0, 0.05) is 12.8 Å². The van der Waals surface area contributed by atoms with E-state index in [1.165, 1.54) is 6.26 Å². The minimum absolute atomic E-state index is 0.244. The molecule has 1 unspecified atom stereocenters. The largest absolute Gasteiger partial charge is 0.354 e. The van der Waals surface area contributed by atoms with E-state index in [1.807, 2.05) is 0 Å². The summed E-state index contributed by atoms with van der Waals surface area (Å²) in [5, 5.41) is 2.65. The van der Waals surface area contributed by atoms with Gasteiger partial charge in [0.2, 0.25) is 5.91 Å². The molecule has 1 rings (SSSR count). The molecule has 6 heteroatoms. The van der Waals surface area contributed by atoms with Crippen LogP contribution in [0.1, 0.15) is 12.5 Å². The maximum Gasteiger partial charge on any atom is 0.236 e. The third-order valence-electron chi connectivity index (χ3n) is 2.48. The summed E-state index contributed by atoms with van der Waals surface area (Å²) in [5.41, 5.74) is 6.11. The number of carbonyl (C=O) groups excluding carboxylic acids is 1. The lowest BCUT2D eigenvalue weighted by Crippen LogP contribution is -2.39. The van der Waals surface area contributed by atoms with Gasteiger partial charge in [-0.1, -0.05) is 18.2 Å². The summed E-state index contributed by atoms with van der Waals surface area (Å²) in [6, 6.07) is 6.21. The predicted octanol–water partition coefficient (Wildman–Crippen LogP) is 0.0960. The van der Waals surface area contributed by atoms with Gasteiger partial charge in [-0.3, -0.25) is 4.79 Å². The number of rotatable bonds is 5. The van der Waals surface area contributed by atoms with Gasteiger partial charge in [0.15, 0.2) is 9.84 Å². The van der Waals surface area contributed by atoms with E-state index in [2.05, 4.69) is 5.32 Å². The number of hydrogen-bond donors (Lipinski definition) is 2. The molecule has 0 fully saturated rings. The molecule has 0 aliphatic carbocycles. The van der Waals surface area contributed by atoms with Crippen molar-refractivity contribution in [2.75, 3.05) is 12.8 Å². The first kappa shape index (κ1) is 14.7. The van der Waals surface area contributed by atoms with Crippen LogP contribution in [0.15, 0.2) is 29.2 Å². The van der Waals surface area contributed by atoms with E-state index >= 15 is 0 Å². The monoisotopic (exact) mass is 270 g/mol. The smallest absolute Gasteiger partial charge is 0.236 e. The summed E-state index contributed by atoms with van der Waals surface area (Å²) >= 11 is 0. The van der Waals surface area contributed by atoms with E-state index in [0.29, 0.717) is 23.4 Å². The summed E-state index contributed by atoms with van der Waals surface area (Å²) in [5.74, 6) is -0.244. The number of nitrogens with two attached hydrogens (primary N) is 1. The van der Waals surface area contributed by atoms with Crippen molar-refractivity contribution in [3.8, 4) is 0 Å². The Hall–Kier alpha value is -1.40. The molecule has 5 nitrogen and oxygen atoms in total. The van der Waals surface area contributed by atoms with Crippen molar-refractivity contribution in [1.82, 2.24) is 5.32 Å². The van der Waals surface area contributed by atoms with Gasteiger partial charge >= 0.3 is 0 Å². The minimum atomic E-state index is -3.24. The SMILES string of the molecule is CC(N)C(=O)NCCc1ccccc1S(C)(=O)=O. The summed E-state index contributed by atoms with van der Waals surface area (Å²) in [7, 11) is -3.24. The quantitative estimate of drug-likeness (QED) is 0.794. The fraction of sp³-hybridized carbons (Fsp3) is 0.417. The highest BCUT2D eigenvalue weighted by molar-refractivity contribution is 7.90. The van der Waals surface area contributed by atoms with Crippen molar-refractivity contribution in [2.45, 2.75) is 24.3 Å². The number of nitrogens with one attached hydrogen (secondary N) is 1. The molecule has 0 spiro atoms. The van der Waals surface area contributed by atoms with Gasteiger partial charge in [0.1, 0.15) is 0 Å². The molecule has 0 aromatic heterocycles. The molecule has 0 heterocycles. The van der Waals surface area contributed by atoms with Crippen LogP contribution in [0.25, 0.3) is 0 Å². The van der Waals surface area contributed by atoms with Crippen LogP contribution >= 0.6 is 0 Å². The lowest BCUT2D eigenvalue weighted by Gasteiger charge is -2.10. The molecule has 0 radical (unpaired) electrons. The van der Waals surface area contributed by atoms with Crippen LogP contribution in [0, 0.1) is 0 Å². The van der Waals surface area contributed by atoms with Crippen LogP contribution in [0.2, 0.25) is 0 Å². The molecular formula is C12H18N2O3S. The molecule has 0 aliphatic heterocycles. The van der Waals surface area contributed by atoms with Gasteiger partial charge in [0.25, 0.3) is 0 Å². The van der Waals surface area contributed by atoms with Crippen molar-refractivity contribution in [2.24, 2.45) is 5.73 Å². The third kappa shape index (κ3) is 4.12. The van der Waals surface area contributed by atoms with Gasteiger partial charge in [-0.15, -0.1) is 0 Å². The lowest BCUT2D eigenvalue weighted by atomic mass is 10.1. The number of amides is 1. The molecule has 0 saturated carbocycles. The second kappa shape index (κ2) is 5.97. The molecule has 0 aliphatic rings. The van der Waals surface area contributed by atoms with E-state index in [9.17, 15) is 13.2 Å². The predicted molar refractivity (Wildman–Crippen MR) is 69.9 cm³/mol. The first-order valence-corrected chi connectivity index (χ1v) is 7.53. The average Bonchev–Trinajstić information content (AvgIpc) is 2.28. The van der Waals surface area contributed by atoms with Crippen molar-refractivity contribution >= 4 is 15.7 Å². The Balaban J connectivity index is 2.72. The van der Waals surface area contributed by atoms with Crippen LogP contribution in [0.5, 0.6) is 0 Å². The van der Waals surface area contributed by atoms with Crippen LogP contribution < -0.4 is 11.1 Å². The highest BCUT2D eigenvalue weighted by Crippen LogP contribution is 2.15. The molecule has 1 aromatic carbocycles. The highest BCUT2D eigenvalue weighted by Gasteiger charge is 2.12. The summed E-state index contributed by atoms with van der Waals surface area (Å²) in [6.45, 7) is 1.96. The van der Waals surface area contributed by atoms with Gasteiger partial charge in [-0.25, -0.2) is 8.42 Å². The molecule has 1 aromatic rings. The Labute approximate surface area is 107 Å². The second-order valence-corrected chi connectivity index (χ2v) is 6.19. The Morgan fingerprint density at radius 3 is 2.56 bits per heavy atom. The summed E-state index contributed by atoms with van der Waals surface area (Å²) in [6.07, 6.45) is 1.63. The maximum atomic E-state index is 11.6. The number of sulfone groups is 1. The zero-order chi connectivity index (χ0) is 13.8. The van der Waals surface area contributed by atoms with Crippen LogP contribution in [-0.4, -0.2) is 33.2 Å². The Kier molecular flexibility index (Phi) is 4.86. The Morgan fingerprint density at radius 1 is 1.39 bits per heavy atom. The standard InChI is InChI=1S/C12H18N2O3S/c1-9(13)12(15)14-8-7-10-5-3-4-6-11(10)18(2,16)17/h3-6,9H,7-8,13H2,1-2H3,(H,14,15). The van der Waals surface area contributed by atoms with E-state index in [-0.39, 0.29) is 5.91 Å². The third-order valence-corrected chi connectivity index (χ3v) is 3.68. The van der Waals surface area contributed by atoms with Crippen molar-refractivity contribution in [3.05, 3.63) is 29.8 Å². The first-order valence-electron chi connectivity index (χ1n) is 5.63. The highest BCUT2D eigenvalue weighted by atomic mass is 32.2. The van der Waals surface area contributed by atoms with Crippen molar-refractivity contribution in [3.63, 3.8) is 0 Å². The summed E-state index contributed by atoms with van der Waals surface area (Å²) in [4.78, 5) is 11.6. The normalized spacial score (nSPS) is 13.1. The molecular weight excluding hydrogens is 252 g/mol. The second-order valence-electron chi connectivity index (χ2n) is 4.21. The molecule has 1 atom stereocenters. The maximum absolute atomic E-state index is 11.6. The van der Waals surface area contributed by atoms with Crippen LogP contribution in [-0.2, 0) is 21.1 Å². The molecule has 1 amide bonds. The molecule has 3 N–H and O–H groups in total.